The van der Waals surface area contributed by atoms with Crippen LogP contribution in [0.1, 0.15) is 25.3 Å². The Morgan fingerprint density at radius 2 is 1.95 bits per heavy atom. The van der Waals surface area contributed by atoms with Crippen LogP contribution in [-0.4, -0.2) is 32.8 Å². The summed E-state index contributed by atoms with van der Waals surface area (Å²) in [5.74, 6) is -0.190. The number of hydrogen-bond acceptors (Lipinski definition) is 3. The summed E-state index contributed by atoms with van der Waals surface area (Å²) >= 11 is 0. The van der Waals surface area contributed by atoms with Crippen LogP contribution in [0.25, 0.3) is 0 Å². The summed E-state index contributed by atoms with van der Waals surface area (Å²) in [5.41, 5.74) is 0.915. The average Bonchev–Trinajstić information content (AvgIpc) is 3.15. The Balaban J connectivity index is 1.76. The maximum absolute atomic E-state index is 12.8. The molecule has 112 valence electrons. The van der Waals surface area contributed by atoms with E-state index in [2.05, 4.69) is 10.0 Å². The van der Waals surface area contributed by atoms with Gasteiger partial charge in [0.25, 0.3) is 0 Å². The van der Waals surface area contributed by atoms with E-state index in [0.717, 1.165) is 18.4 Å². The van der Waals surface area contributed by atoms with Gasteiger partial charge in [0.1, 0.15) is 5.82 Å². The van der Waals surface area contributed by atoms with Crippen LogP contribution in [0.4, 0.5) is 4.39 Å². The summed E-state index contributed by atoms with van der Waals surface area (Å²) in [7, 11) is -3.26. The Morgan fingerprint density at radius 3 is 2.55 bits per heavy atom. The van der Waals surface area contributed by atoms with Crippen molar-refractivity contribution in [3.05, 3.63) is 35.6 Å². The van der Waals surface area contributed by atoms with Crippen molar-refractivity contribution in [2.45, 2.75) is 38.3 Å². The summed E-state index contributed by atoms with van der Waals surface area (Å²) < 4.78 is 39.2. The lowest BCUT2D eigenvalue weighted by atomic mass is 10.1. The van der Waals surface area contributed by atoms with Crippen molar-refractivity contribution < 1.29 is 12.8 Å². The Morgan fingerprint density at radius 1 is 1.30 bits per heavy atom. The molecule has 1 atom stereocenters. The highest BCUT2D eigenvalue weighted by Gasteiger charge is 2.21. The smallest absolute Gasteiger partial charge is 0.213 e. The molecule has 1 aliphatic carbocycles. The fourth-order valence-electron chi connectivity index (χ4n) is 2.07. The molecule has 1 unspecified atom stereocenters. The number of benzene rings is 1. The molecule has 2 rings (SSSR count). The predicted molar refractivity (Wildman–Crippen MR) is 77.5 cm³/mol. The van der Waals surface area contributed by atoms with Gasteiger partial charge in [0.05, 0.1) is 5.75 Å². The third kappa shape index (κ3) is 5.56. The van der Waals surface area contributed by atoms with Crippen molar-refractivity contribution in [3.63, 3.8) is 0 Å². The van der Waals surface area contributed by atoms with E-state index in [-0.39, 0.29) is 17.6 Å². The lowest BCUT2D eigenvalue weighted by molar-refractivity contribution is 0.555. The summed E-state index contributed by atoms with van der Waals surface area (Å²) in [6.45, 7) is 2.30. The molecule has 20 heavy (non-hydrogen) atoms. The zero-order valence-corrected chi connectivity index (χ0v) is 12.4. The number of sulfonamides is 1. The van der Waals surface area contributed by atoms with Crippen LogP contribution in [0.5, 0.6) is 0 Å². The van der Waals surface area contributed by atoms with E-state index < -0.39 is 10.0 Å². The van der Waals surface area contributed by atoms with Gasteiger partial charge < -0.3 is 5.32 Å². The second kappa shape index (κ2) is 6.65. The van der Waals surface area contributed by atoms with E-state index in [1.165, 1.54) is 12.1 Å². The zero-order valence-electron chi connectivity index (χ0n) is 11.6. The first-order chi connectivity index (χ1) is 9.44. The lowest BCUT2D eigenvalue weighted by Gasteiger charge is -2.14. The largest absolute Gasteiger partial charge is 0.313 e. The molecule has 1 fully saturated rings. The van der Waals surface area contributed by atoms with Gasteiger partial charge in [-0.25, -0.2) is 17.5 Å². The van der Waals surface area contributed by atoms with Gasteiger partial charge in [0, 0.05) is 18.6 Å². The lowest BCUT2D eigenvalue weighted by Crippen LogP contribution is -2.38. The van der Waals surface area contributed by atoms with Crippen molar-refractivity contribution >= 4 is 10.0 Å². The Labute approximate surface area is 119 Å². The van der Waals surface area contributed by atoms with E-state index in [0.29, 0.717) is 19.0 Å². The first-order valence-electron chi connectivity index (χ1n) is 6.92. The molecule has 1 aromatic rings. The quantitative estimate of drug-likeness (QED) is 0.763. The molecule has 0 bridgehead atoms. The highest BCUT2D eigenvalue weighted by Crippen LogP contribution is 2.18. The fraction of sp³-hybridized carbons (Fsp3) is 0.571. The highest BCUT2D eigenvalue weighted by molar-refractivity contribution is 7.89. The van der Waals surface area contributed by atoms with Gasteiger partial charge in [-0.05, 0) is 43.9 Å². The molecular weight excluding hydrogens is 279 g/mol. The van der Waals surface area contributed by atoms with E-state index in [9.17, 15) is 12.8 Å². The van der Waals surface area contributed by atoms with Crippen LogP contribution < -0.4 is 10.0 Å². The van der Waals surface area contributed by atoms with Gasteiger partial charge in [-0.2, -0.15) is 0 Å². The summed E-state index contributed by atoms with van der Waals surface area (Å²) in [6, 6.07) is 6.43. The van der Waals surface area contributed by atoms with Crippen LogP contribution in [0.15, 0.2) is 24.3 Å². The molecule has 0 amide bonds. The molecule has 0 heterocycles. The standard InChI is InChI=1S/C14H21FN2O2S/c1-11(10-12-2-4-13(15)5-3-12)17-20(18,19)9-8-16-14-6-7-14/h2-5,11,14,16-17H,6-10H2,1H3. The van der Waals surface area contributed by atoms with Crippen LogP contribution in [0, 0.1) is 5.82 Å². The minimum absolute atomic E-state index is 0.0945. The molecule has 2 N–H and O–H groups in total. The Kier molecular flexibility index (Phi) is 5.12. The number of nitrogens with one attached hydrogen (secondary N) is 2. The molecule has 1 saturated carbocycles. The average molecular weight is 300 g/mol. The second-order valence-corrected chi connectivity index (χ2v) is 7.27. The van der Waals surface area contributed by atoms with Crippen molar-refractivity contribution in [1.82, 2.24) is 10.0 Å². The Bertz CT molecular complexity index is 527. The highest BCUT2D eigenvalue weighted by atomic mass is 32.2. The molecule has 6 heteroatoms. The summed E-state index contributed by atoms with van der Waals surface area (Å²) in [6.07, 6.45) is 2.85. The molecule has 0 radical (unpaired) electrons. The van der Waals surface area contributed by atoms with Crippen LogP contribution in [-0.2, 0) is 16.4 Å². The van der Waals surface area contributed by atoms with Gasteiger partial charge in [-0.15, -0.1) is 0 Å². The minimum atomic E-state index is -3.26. The number of hydrogen-bond donors (Lipinski definition) is 2. The molecule has 1 aliphatic rings. The molecule has 0 spiro atoms. The number of rotatable bonds is 8. The zero-order chi connectivity index (χ0) is 14.6. The normalized spacial score (nSPS) is 17.1. The van der Waals surface area contributed by atoms with Crippen molar-refractivity contribution in [3.8, 4) is 0 Å². The van der Waals surface area contributed by atoms with E-state index in [1.54, 1.807) is 12.1 Å². The second-order valence-electron chi connectivity index (χ2n) is 5.40. The number of halogens is 1. The predicted octanol–water partition coefficient (Wildman–Crippen LogP) is 1.43. The first-order valence-corrected chi connectivity index (χ1v) is 8.58. The first kappa shape index (κ1) is 15.4. The molecule has 4 nitrogen and oxygen atoms in total. The van der Waals surface area contributed by atoms with E-state index >= 15 is 0 Å². The molecule has 0 saturated heterocycles. The third-order valence-electron chi connectivity index (χ3n) is 3.22. The molecule has 0 aromatic heterocycles. The molecule has 1 aromatic carbocycles. The van der Waals surface area contributed by atoms with E-state index in [4.69, 9.17) is 0 Å². The van der Waals surface area contributed by atoms with Crippen molar-refractivity contribution in [1.29, 1.82) is 0 Å². The van der Waals surface area contributed by atoms with Crippen LogP contribution in [0.3, 0.4) is 0 Å². The fourth-order valence-corrected chi connectivity index (χ4v) is 3.27. The summed E-state index contributed by atoms with van der Waals surface area (Å²) in [4.78, 5) is 0. The topological polar surface area (TPSA) is 58.2 Å². The van der Waals surface area contributed by atoms with Gasteiger partial charge in [0.15, 0.2) is 0 Å². The van der Waals surface area contributed by atoms with Gasteiger partial charge in [-0.1, -0.05) is 12.1 Å². The van der Waals surface area contributed by atoms with E-state index in [1.807, 2.05) is 6.92 Å². The molecular formula is C14H21FN2O2S. The van der Waals surface area contributed by atoms with Crippen LogP contribution in [0.2, 0.25) is 0 Å². The van der Waals surface area contributed by atoms with Gasteiger partial charge in [0.2, 0.25) is 10.0 Å². The SMILES string of the molecule is CC(Cc1ccc(F)cc1)NS(=O)(=O)CCNC1CC1. The Hall–Kier alpha value is -0.980. The maximum Gasteiger partial charge on any atom is 0.213 e. The van der Waals surface area contributed by atoms with Crippen molar-refractivity contribution in [2.24, 2.45) is 0 Å². The van der Waals surface area contributed by atoms with Gasteiger partial charge in [-0.3, -0.25) is 0 Å². The third-order valence-corrected chi connectivity index (χ3v) is 4.72. The monoisotopic (exact) mass is 300 g/mol. The summed E-state index contributed by atoms with van der Waals surface area (Å²) in [5, 5.41) is 3.18. The maximum atomic E-state index is 12.8. The van der Waals surface area contributed by atoms with Crippen molar-refractivity contribution in [2.75, 3.05) is 12.3 Å². The van der Waals surface area contributed by atoms with Crippen LogP contribution >= 0.6 is 0 Å². The van der Waals surface area contributed by atoms with Gasteiger partial charge >= 0.3 is 0 Å². The molecule has 0 aliphatic heterocycles. The minimum Gasteiger partial charge on any atom is -0.313 e.